The number of aryl methyl sites for hydroxylation is 1. The fourth-order valence-electron chi connectivity index (χ4n) is 3.94. The summed E-state index contributed by atoms with van der Waals surface area (Å²) in [6.45, 7) is 8.45. The molecule has 0 saturated carbocycles. The Morgan fingerprint density at radius 2 is 1.96 bits per heavy atom. The van der Waals surface area contributed by atoms with E-state index in [0.717, 1.165) is 37.2 Å². The first-order valence-corrected chi connectivity index (χ1v) is 9.73. The van der Waals surface area contributed by atoms with E-state index in [1.807, 2.05) is 38.1 Å². The average Bonchev–Trinajstić information content (AvgIpc) is 2.60. The van der Waals surface area contributed by atoms with Crippen molar-refractivity contribution in [2.75, 3.05) is 13.1 Å². The molecule has 0 bridgehead atoms. The predicted octanol–water partition coefficient (Wildman–Crippen LogP) is 4.36. The Hall–Kier alpha value is -1.78. The number of aromatic hydroxyl groups is 1. The fraction of sp³-hybridized carbons (Fsp3) is 0.476. The van der Waals surface area contributed by atoms with Gasteiger partial charge in [-0.2, -0.15) is 0 Å². The highest BCUT2D eigenvalue weighted by Gasteiger charge is 2.31. The number of hydrogen-bond donors (Lipinski definition) is 1. The third kappa shape index (κ3) is 3.67. The van der Waals surface area contributed by atoms with Gasteiger partial charge in [-0.05, 0) is 69.5 Å². The Balaban J connectivity index is 2.17. The van der Waals surface area contributed by atoms with Crippen LogP contribution < -0.4 is 5.56 Å². The van der Waals surface area contributed by atoms with Gasteiger partial charge in [-0.25, -0.2) is 0 Å². The van der Waals surface area contributed by atoms with Crippen LogP contribution in [0.2, 0.25) is 5.02 Å². The van der Waals surface area contributed by atoms with Crippen LogP contribution >= 0.6 is 11.6 Å². The normalized spacial score (nSPS) is 17.4. The molecule has 2 heterocycles. The van der Waals surface area contributed by atoms with Crippen molar-refractivity contribution in [2.45, 2.75) is 46.2 Å². The molecule has 1 atom stereocenters. The standard InChI is InChI=1S/C21H27ClN2O2/c1-4-24-15(3)12-18(25)19(21(24)26)20(16-6-5-7-17(22)13-16)23-10-8-14(2)9-11-23/h5-7,12-14,20,25H,4,8-11H2,1-3H3. The Morgan fingerprint density at radius 1 is 1.27 bits per heavy atom. The minimum atomic E-state index is -0.285. The Labute approximate surface area is 160 Å². The van der Waals surface area contributed by atoms with E-state index in [-0.39, 0.29) is 17.4 Å². The molecule has 1 N–H and O–H groups in total. The second-order valence-corrected chi connectivity index (χ2v) is 7.75. The van der Waals surface area contributed by atoms with Gasteiger partial charge < -0.3 is 9.67 Å². The zero-order chi connectivity index (χ0) is 18.8. The van der Waals surface area contributed by atoms with Gasteiger partial charge in [-0.3, -0.25) is 9.69 Å². The molecule has 0 spiro atoms. The number of likely N-dealkylation sites (tertiary alicyclic amines) is 1. The van der Waals surface area contributed by atoms with Gasteiger partial charge in [0.1, 0.15) is 5.75 Å². The summed E-state index contributed by atoms with van der Waals surface area (Å²) in [5.74, 6) is 0.756. The van der Waals surface area contributed by atoms with Crippen LogP contribution in [0.3, 0.4) is 0 Å². The van der Waals surface area contributed by atoms with Gasteiger partial charge in [0, 0.05) is 17.3 Å². The van der Waals surface area contributed by atoms with Gasteiger partial charge in [-0.15, -0.1) is 0 Å². The molecule has 0 amide bonds. The van der Waals surface area contributed by atoms with Gasteiger partial charge in [-0.1, -0.05) is 30.7 Å². The van der Waals surface area contributed by atoms with Crippen LogP contribution in [-0.4, -0.2) is 27.7 Å². The van der Waals surface area contributed by atoms with Crippen molar-refractivity contribution in [3.8, 4) is 5.75 Å². The Bertz CT molecular complexity index is 838. The number of nitrogens with zero attached hydrogens (tertiary/aromatic N) is 2. The maximum atomic E-state index is 13.2. The number of rotatable bonds is 4. The van der Waals surface area contributed by atoms with Gasteiger partial charge in [0.15, 0.2) is 0 Å². The number of halogens is 1. The third-order valence-corrected chi connectivity index (χ3v) is 5.70. The minimum Gasteiger partial charge on any atom is -0.507 e. The van der Waals surface area contributed by atoms with E-state index in [2.05, 4.69) is 11.8 Å². The van der Waals surface area contributed by atoms with Crippen molar-refractivity contribution < 1.29 is 5.11 Å². The molecule has 1 aliphatic heterocycles. The molecule has 0 radical (unpaired) electrons. The molecule has 1 aliphatic rings. The smallest absolute Gasteiger partial charge is 0.259 e. The molecule has 5 heteroatoms. The monoisotopic (exact) mass is 374 g/mol. The molecule has 2 aromatic rings. The van der Waals surface area contributed by atoms with Gasteiger partial charge in [0.25, 0.3) is 5.56 Å². The molecule has 26 heavy (non-hydrogen) atoms. The van der Waals surface area contributed by atoms with Crippen LogP contribution in [0.1, 0.15) is 49.6 Å². The topological polar surface area (TPSA) is 45.5 Å². The second-order valence-electron chi connectivity index (χ2n) is 7.31. The summed E-state index contributed by atoms with van der Waals surface area (Å²) >= 11 is 6.24. The largest absolute Gasteiger partial charge is 0.507 e. The molecular weight excluding hydrogens is 348 g/mol. The van der Waals surface area contributed by atoms with Crippen LogP contribution in [-0.2, 0) is 6.54 Å². The van der Waals surface area contributed by atoms with Gasteiger partial charge in [0.05, 0.1) is 11.6 Å². The molecule has 1 saturated heterocycles. The zero-order valence-electron chi connectivity index (χ0n) is 15.7. The summed E-state index contributed by atoms with van der Waals surface area (Å²) in [6, 6.07) is 9.04. The summed E-state index contributed by atoms with van der Waals surface area (Å²) in [6.07, 6.45) is 2.18. The highest BCUT2D eigenvalue weighted by Crippen LogP contribution is 2.35. The van der Waals surface area contributed by atoms with Crippen LogP contribution in [0.25, 0.3) is 0 Å². The van der Waals surface area contributed by atoms with Crippen molar-refractivity contribution in [3.05, 3.63) is 62.5 Å². The number of aromatic nitrogens is 1. The molecular formula is C21H27ClN2O2. The van der Waals surface area contributed by atoms with Crippen molar-refractivity contribution in [3.63, 3.8) is 0 Å². The lowest BCUT2D eigenvalue weighted by Gasteiger charge is -2.37. The number of piperidine rings is 1. The number of benzene rings is 1. The third-order valence-electron chi connectivity index (χ3n) is 5.46. The molecule has 1 fully saturated rings. The van der Waals surface area contributed by atoms with Gasteiger partial charge >= 0.3 is 0 Å². The number of pyridine rings is 1. The first-order valence-electron chi connectivity index (χ1n) is 9.35. The molecule has 4 nitrogen and oxygen atoms in total. The summed E-state index contributed by atoms with van der Waals surface area (Å²) < 4.78 is 1.72. The maximum absolute atomic E-state index is 13.2. The molecule has 1 aromatic heterocycles. The fourth-order valence-corrected chi connectivity index (χ4v) is 4.14. The molecule has 140 valence electrons. The number of hydrogen-bond acceptors (Lipinski definition) is 3. The highest BCUT2D eigenvalue weighted by atomic mass is 35.5. The molecule has 1 unspecified atom stereocenters. The maximum Gasteiger partial charge on any atom is 0.259 e. The van der Waals surface area contributed by atoms with Crippen LogP contribution in [0.4, 0.5) is 0 Å². The SMILES string of the molecule is CCn1c(C)cc(O)c(C(c2cccc(Cl)c2)N2CCC(C)CC2)c1=O. The summed E-state index contributed by atoms with van der Waals surface area (Å²) in [5, 5.41) is 11.3. The molecule has 1 aromatic carbocycles. The molecule has 0 aliphatic carbocycles. The average molecular weight is 375 g/mol. The minimum absolute atomic E-state index is 0.0702. The van der Waals surface area contributed by atoms with Crippen LogP contribution in [0.15, 0.2) is 35.1 Å². The lowest BCUT2D eigenvalue weighted by atomic mass is 9.92. The van der Waals surface area contributed by atoms with Gasteiger partial charge in [0.2, 0.25) is 0 Å². The Kier molecular flexibility index (Phi) is 5.73. The highest BCUT2D eigenvalue weighted by molar-refractivity contribution is 6.30. The van der Waals surface area contributed by atoms with Crippen molar-refractivity contribution in [1.82, 2.24) is 9.47 Å². The van der Waals surface area contributed by atoms with E-state index in [0.29, 0.717) is 23.0 Å². The Morgan fingerprint density at radius 3 is 2.58 bits per heavy atom. The second kappa shape index (κ2) is 7.85. The zero-order valence-corrected chi connectivity index (χ0v) is 16.5. The predicted molar refractivity (Wildman–Crippen MR) is 106 cm³/mol. The first kappa shape index (κ1) is 19.0. The van der Waals surface area contributed by atoms with E-state index in [4.69, 9.17) is 11.6 Å². The van der Waals surface area contributed by atoms with Crippen molar-refractivity contribution in [2.24, 2.45) is 5.92 Å². The van der Waals surface area contributed by atoms with E-state index in [1.54, 1.807) is 10.6 Å². The van der Waals surface area contributed by atoms with E-state index in [9.17, 15) is 9.90 Å². The first-order chi connectivity index (χ1) is 12.4. The lowest BCUT2D eigenvalue weighted by molar-refractivity contribution is 0.154. The summed E-state index contributed by atoms with van der Waals surface area (Å²) in [7, 11) is 0. The van der Waals surface area contributed by atoms with E-state index in [1.165, 1.54) is 0 Å². The van der Waals surface area contributed by atoms with Crippen molar-refractivity contribution >= 4 is 11.6 Å². The summed E-state index contributed by atoms with van der Waals surface area (Å²) in [4.78, 5) is 15.5. The van der Waals surface area contributed by atoms with Crippen LogP contribution in [0.5, 0.6) is 5.75 Å². The quantitative estimate of drug-likeness (QED) is 0.864. The van der Waals surface area contributed by atoms with E-state index < -0.39 is 0 Å². The lowest BCUT2D eigenvalue weighted by Crippen LogP contribution is -2.40. The van der Waals surface area contributed by atoms with Crippen molar-refractivity contribution in [1.29, 1.82) is 0 Å². The summed E-state index contributed by atoms with van der Waals surface area (Å²) in [5.41, 5.74) is 2.06. The van der Waals surface area contributed by atoms with E-state index >= 15 is 0 Å². The molecule has 3 rings (SSSR count). The van der Waals surface area contributed by atoms with Crippen LogP contribution in [0, 0.1) is 12.8 Å².